The van der Waals surface area contributed by atoms with Gasteiger partial charge in [-0.2, -0.15) is 0 Å². The summed E-state index contributed by atoms with van der Waals surface area (Å²) < 4.78 is 22.8. The van der Waals surface area contributed by atoms with Gasteiger partial charge in [0.05, 0.1) is 7.11 Å². The van der Waals surface area contributed by atoms with Crippen molar-refractivity contribution in [1.82, 2.24) is 0 Å². The Kier molecular flexibility index (Phi) is 3.31. The molecule has 0 bridgehead atoms. The first-order valence-electron chi connectivity index (χ1n) is 3.85. The van der Waals surface area contributed by atoms with Gasteiger partial charge in [0, 0.05) is 6.07 Å². The molecule has 0 unspecified atom stereocenters. The first kappa shape index (κ1) is 9.58. The molecule has 1 rings (SSSR count). The topological polar surface area (TPSA) is 18.5 Å². The van der Waals surface area contributed by atoms with Crippen molar-refractivity contribution >= 4 is 0 Å². The van der Waals surface area contributed by atoms with Crippen molar-refractivity contribution in [2.24, 2.45) is 0 Å². The maximum absolute atomic E-state index is 12.7. The van der Waals surface area contributed by atoms with Gasteiger partial charge in [-0.1, -0.05) is 12.7 Å². The van der Waals surface area contributed by atoms with E-state index in [-0.39, 0.29) is 5.82 Å². The molecule has 1 aromatic carbocycles. The molecule has 2 nitrogen and oxygen atoms in total. The summed E-state index contributed by atoms with van der Waals surface area (Å²) in [4.78, 5) is 0. The molecule has 0 N–H and O–H groups in total. The van der Waals surface area contributed by atoms with Crippen LogP contribution < -0.4 is 9.47 Å². The minimum absolute atomic E-state index is 0.345. The van der Waals surface area contributed by atoms with Gasteiger partial charge in [0.1, 0.15) is 12.4 Å². The Hall–Kier alpha value is -1.51. The minimum atomic E-state index is -0.345. The first-order chi connectivity index (χ1) is 6.27. The van der Waals surface area contributed by atoms with Crippen molar-refractivity contribution in [3.8, 4) is 11.5 Å². The average molecular weight is 182 g/mol. The summed E-state index contributed by atoms with van der Waals surface area (Å²) in [6.07, 6.45) is 1.61. The standard InChI is InChI=1S/C10H11FO2/c1-3-6-13-9-5-4-8(11)7-10(9)12-2/h3-5,7H,1,6H2,2H3. The normalized spacial score (nSPS) is 9.38. The number of ether oxygens (including phenoxy) is 2. The van der Waals surface area contributed by atoms with Crippen LogP contribution in [0.15, 0.2) is 30.9 Å². The Labute approximate surface area is 76.6 Å². The lowest BCUT2D eigenvalue weighted by Crippen LogP contribution is -1.96. The van der Waals surface area contributed by atoms with Gasteiger partial charge in [-0.05, 0) is 12.1 Å². The lowest BCUT2D eigenvalue weighted by Gasteiger charge is -2.08. The van der Waals surface area contributed by atoms with E-state index >= 15 is 0 Å². The molecule has 0 aliphatic rings. The van der Waals surface area contributed by atoms with Crippen LogP contribution in [0.3, 0.4) is 0 Å². The summed E-state index contributed by atoms with van der Waals surface area (Å²) in [6, 6.07) is 4.12. The van der Waals surface area contributed by atoms with E-state index in [9.17, 15) is 4.39 Å². The van der Waals surface area contributed by atoms with Crippen LogP contribution in [0.2, 0.25) is 0 Å². The predicted octanol–water partition coefficient (Wildman–Crippen LogP) is 2.40. The highest BCUT2D eigenvalue weighted by Crippen LogP contribution is 2.27. The van der Waals surface area contributed by atoms with Gasteiger partial charge in [-0.15, -0.1) is 0 Å². The van der Waals surface area contributed by atoms with Crippen LogP contribution in [0.25, 0.3) is 0 Å². The van der Waals surface area contributed by atoms with Gasteiger partial charge in [-0.25, -0.2) is 4.39 Å². The Morgan fingerprint density at radius 1 is 1.46 bits per heavy atom. The monoisotopic (exact) mass is 182 g/mol. The molecule has 0 spiro atoms. The molecule has 70 valence electrons. The number of hydrogen-bond donors (Lipinski definition) is 0. The molecule has 13 heavy (non-hydrogen) atoms. The van der Waals surface area contributed by atoms with Crippen molar-refractivity contribution in [2.45, 2.75) is 0 Å². The third-order valence-electron chi connectivity index (χ3n) is 1.48. The fraction of sp³-hybridized carbons (Fsp3) is 0.200. The van der Waals surface area contributed by atoms with E-state index in [0.717, 1.165) is 0 Å². The summed E-state index contributed by atoms with van der Waals surface area (Å²) in [7, 11) is 1.47. The highest BCUT2D eigenvalue weighted by atomic mass is 19.1. The zero-order valence-electron chi connectivity index (χ0n) is 7.42. The van der Waals surface area contributed by atoms with Crippen LogP contribution in [0.4, 0.5) is 4.39 Å². The summed E-state index contributed by atoms with van der Waals surface area (Å²) >= 11 is 0. The summed E-state index contributed by atoms with van der Waals surface area (Å²) in [5, 5.41) is 0. The molecule has 3 heteroatoms. The highest BCUT2D eigenvalue weighted by Gasteiger charge is 2.04. The van der Waals surface area contributed by atoms with Crippen molar-refractivity contribution in [3.05, 3.63) is 36.7 Å². The first-order valence-corrected chi connectivity index (χ1v) is 3.85. The lowest BCUT2D eigenvalue weighted by atomic mass is 10.3. The SMILES string of the molecule is C=CCOc1ccc(F)cc1OC. The minimum Gasteiger partial charge on any atom is -0.493 e. The molecule has 0 fully saturated rings. The summed E-state index contributed by atoms with van der Waals surface area (Å²) in [6.45, 7) is 3.89. The molecular formula is C10H11FO2. The number of benzene rings is 1. The van der Waals surface area contributed by atoms with Crippen molar-refractivity contribution in [1.29, 1.82) is 0 Å². The Morgan fingerprint density at radius 2 is 2.23 bits per heavy atom. The maximum atomic E-state index is 12.7. The third-order valence-corrected chi connectivity index (χ3v) is 1.48. The van der Waals surface area contributed by atoms with E-state index in [1.807, 2.05) is 0 Å². The molecule has 0 heterocycles. The van der Waals surface area contributed by atoms with E-state index in [0.29, 0.717) is 18.1 Å². The molecular weight excluding hydrogens is 171 g/mol. The lowest BCUT2D eigenvalue weighted by molar-refractivity contribution is 0.325. The van der Waals surface area contributed by atoms with Crippen molar-refractivity contribution in [3.63, 3.8) is 0 Å². The van der Waals surface area contributed by atoms with E-state index < -0.39 is 0 Å². The van der Waals surface area contributed by atoms with Crippen LogP contribution in [0, 0.1) is 5.82 Å². The second kappa shape index (κ2) is 4.50. The van der Waals surface area contributed by atoms with Gasteiger partial charge < -0.3 is 9.47 Å². The highest BCUT2D eigenvalue weighted by molar-refractivity contribution is 5.40. The fourth-order valence-corrected chi connectivity index (χ4v) is 0.909. The third kappa shape index (κ3) is 2.47. The number of rotatable bonds is 4. The van der Waals surface area contributed by atoms with Gasteiger partial charge in [0.2, 0.25) is 0 Å². The van der Waals surface area contributed by atoms with E-state index in [1.165, 1.54) is 25.3 Å². The van der Waals surface area contributed by atoms with Crippen LogP contribution in [-0.4, -0.2) is 13.7 Å². The molecule has 0 saturated carbocycles. The van der Waals surface area contributed by atoms with Crippen LogP contribution in [0.5, 0.6) is 11.5 Å². The van der Waals surface area contributed by atoms with Crippen molar-refractivity contribution < 1.29 is 13.9 Å². The van der Waals surface area contributed by atoms with E-state index in [4.69, 9.17) is 9.47 Å². The number of methoxy groups -OCH3 is 1. The van der Waals surface area contributed by atoms with Crippen LogP contribution in [-0.2, 0) is 0 Å². The number of hydrogen-bond acceptors (Lipinski definition) is 2. The zero-order valence-corrected chi connectivity index (χ0v) is 7.42. The Morgan fingerprint density at radius 3 is 2.85 bits per heavy atom. The molecule has 0 aromatic heterocycles. The molecule has 0 atom stereocenters. The molecule has 0 amide bonds. The Balaban J connectivity index is 2.85. The molecule has 0 radical (unpaired) electrons. The van der Waals surface area contributed by atoms with Gasteiger partial charge in [0.15, 0.2) is 11.5 Å². The predicted molar refractivity (Wildman–Crippen MR) is 48.6 cm³/mol. The second-order valence-electron chi connectivity index (χ2n) is 2.39. The van der Waals surface area contributed by atoms with Crippen LogP contribution >= 0.6 is 0 Å². The summed E-state index contributed by atoms with van der Waals surface area (Å²) in [5.74, 6) is 0.563. The number of halogens is 1. The average Bonchev–Trinajstić information content (AvgIpc) is 2.16. The quantitative estimate of drug-likeness (QED) is 0.665. The summed E-state index contributed by atoms with van der Waals surface area (Å²) in [5.41, 5.74) is 0. The molecule has 1 aromatic rings. The fourth-order valence-electron chi connectivity index (χ4n) is 0.909. The van der Waals surface area contributed by atoms with Gasteiger partial charge >= 0.3 is 0 Å². The van der Waals surface area contributed by atoms with Gasteiger partial charge in [-0.3, -0.25) is 0 Å². The molecule has 0 aliphatic carbocycles. The maximum Gasteiger partial charge on any atom is 0.163 e. The zero-order chi connectivity index (χ0) is 9.68. The van der Waals surface area contributed by atoms with E-state index in [2.05, 4.69) is 6.58 Å². The Bertz CT molecular complexity index is 297. The largest absolute Gasteiger partial charge is 0.493 e. The van der Waals surface area contributed by atoms with E-state index in [1.54, 1.807) is 6.08 Å². The second-order valence-corrected chi connectivity index (χ2v) is 2.39. The van der Waals surface area contributed by atoms with Crippen molar-refractivity contribution in [2.75, 3.05) is 13.7 Å². The molecule has 0 aliphatic heterocycles. The van der Waals surface area contributed by atoms with Gasteiger partial charge in [0.25, 0.3) is 0 Å². The molecule has 0 saturated heterocycles. The van der Waals surface area contributed by atoms with Crippen LogP contribution in [0.1, 0.15) is 0 Å². The smallest absolute Gasteiger partial charge is 0.163 e.